The minimum absolute atomic E-state index is 0.0315. The number of hydrogen-bond donors (Lipinski definition) is 0. The van der Waals surface area contributed by atoms with Gasteiger partial charge in [-0.15, -0.1) is 0 Å². The zero-order chi connectivity index (χ0) is 34.1. The Bertz CT molecular complexity index is 1750. The first-order valence-corrected chi connectivity index (χ1v) is 16.0. The van der Waals surface area contributed by atoms with E-state index >= 15 is 0 Å². The number of likely N-dealkylation sites (tertiary alicyclic amines) is 1. The Kier molecular flexibility index (Phi) is 9.41. The van der Waals surface area contributed by atoms with E-state index in [1.54, 1.807) is 17.0 Å². The summed E-state index contributed by atoms with van der Waals surface area (Å²) in [6.07, 6.45) is 0.361. The number of amides is 3. The molecule has 250 valence electrons. The van der Waals surface area contributed by atoms with Gasteiger partial charge < -0.3 is 9.80 Å². The second-order valence-corrected chi connectivity index (χ2v) is 12.6. The molecule has 0 N–H and O–H groups in total. The Labute approximate surface area is 280 Å². The van der Waals surface area contributed by atoms with Crippen LogP contribution in [0.1, 0.15) is 50.2 Å². The molecular weight excluding hydrogens is 649 g/mol. The lowest BCUT2D eigenvalue weighted by Crippen LogP contribution is -2.58. The molecule has 48 heavy (non-hydrogen) atoms. The van der Waals surface area contributed by atoms with E-state index in [1.807, 2.05) is 18.2 Å². The molecule has 0 spiro atoms. The highest BCUT2D eigenvalue weighted by Crippen LogP contribution is 2.38. The molecule has 3 amide bonds. The van der Waals surface area contributed by atoms with Crippen molar-refractivity contribution in [1.29, 1.82) is 0 Å². The molecule has 3 aromatic carbocycles. The highest BCUT2D eigenvalue weighted by Gasteiger charge is 2.55. The Morgan fingerprint density at radius 2 is 1.38 bits per heavy atom. The number of benzene rings is 3. The number of hydroxylamine groups is 2. The molecule has 1 saturated heterocycles. The van der Waals surface area contributed by atoms with E-state index in [-0.39, 0.29) is 23.7 Å². The van der Waals surface area contributed by atoms with E-state index in [0.29, 0.717) is 46.9 Å². The smallest absolute Gasteiger partial charge is 0.331 e. The summed E-state index contributed by atoms with van der Waals surface area (Å²) in [7, 11) is 0. The van der Waals surface area contributed by atoms with Gasteiger partial charge in [0.05, 0.1) is 6.54 Å². The lowest BCUT2D eigenvalue weighted by Gasteiger charge is -2.32. The summed E-state index contributed by atoms with van der Waals surface area (Å²) in [5.41, 5.74) is 2.01. The maximum absolute atomic E-state index is 14.4. The van der Waals surface area contributed by atoms with Gasteiger partial charge >= 0.3 is 18.1 Å². The van der Waals surface area contributed by atoms with Crippen LogP contribution < -0.4 is 4.65 Å². The van der Waals surface area contributed by atoms with Crippen molar-refractivity contribution in [2.45, 2.75) is 38.7 Å². The van der Waals surface area contributed by atoms with E-state index in [4.69, 9.17) is 16.4 Å². The first-order chi connectivity index (χ1) is 22.9. The van der Waals surface area contributed by atoms with Crippen molar-refractivity contribution in [2.75, 3.05) is 32.7 Å². The van der Waals surface area contributed by atoms with Gasteiger partial charge in [0.15, 0.2) is 12.2 Å². The number of hydrogen-bond acceptors (Lipinski definition) is 6. The fourth-order valence-electron chi connectivity index (χ4n) is 6.30. The summed E-state index contributed by atoms with van der Waals surface area (Å²) < 4.78 is 40.2. The highest BCUT2D eigenvalue weighted by molar-refractivity contribution is 6.30. The average molecular weight is 682 g/mol. The number of alkyl halides is 3. The zero-order valence-electron chi connectivity index (χ0n) is 25.9. The third-order valence-corrected chi connectivity index (χ3v) is 9.05. The Morgan fingerprint density at radius 3 is 2.00 bits per heavy atom. The predicted octanol–water partition coefficient (Wildman–Crippen LogP) is 5.66. The molecule has 0 aliphatic carbocycles. The van der Waals surface area contributed by atoms with Gasteiger partial charge in [-0.05, 0) is 72.5 Å². The molecule has 3 aliphatic rings. The van der Waals surface area contributed by atoms with Crippen molar-refractivity contribution in [2.24, 2.45) is 0 Å². The van der Waals surface area contributed by atoms with Crippen LogP contribution in [0.5, 0.6) is 0 Å². The average Bonchev–Trinajstić information content (AvgIpc) is 3.78. The van der Waals surface area contributed by atoms with Crippen LogP contribution in [-0.2, 0) is 34.1 Å². The van der Waals surface area contributed by atoms with Gasteiger partial charge in [0.1, 0.15) is 6.54 Å². The molecular formula is C35H33ClF3N4O5+. The van der Waals surface area contributed by atoms with E-state index in [1.165, 1.54) is 53.4 Å². The molecule has 0 bridgehead atoms. The standard InChI is InChI=1S/C35H33ClF3N4O5/c36-29-13-11-27(12-14-29)33(46)42-21-28-10-7-25(20-40-15-1-2-16-40)19-30(28)43(31(44)22-42,48-34(47)35(37,38)39)23-24-5-8-26(9-6-24)32(45)41-17-3-4-18-41/h3-14,19H,1-2,15-18,20-23H2/q+1. The molecule has 13 heteroatoms. The number of carbonyl (C=O) groups is 4. The summed E-state index contributed by atoms with van der Waals surface area (Å²) in [5.74, 6) is -4.26. The fourth-order valence-corrected chi connectivity index (χ4v) is 6.43. The molecule has 1 fully saturated rings. The Hall–Kier alpha value is -4.52. The van der Waals surface area contributed by atoms with Gasteiger partial charge in [-0.2, -0.15) is 13.2 Å². The summed E-state index contributed by atoms with van der Waals surface area (Å²) >= 11 is 6.00. The largest absolute Gasteiger partial charge is 0.497 e. The minimum atomic E-state index is -5.41. The maximum Gasteiger partial charge on any atom is 0.497 e. The first-order valence-electron chi connectivity index (χ1n) is 15.6. The fraction of sp³-hybridized carbons (Fsp3) is 0.314. The molecule has 3 aromatic rings. The van der Waals surface area contributed by atoms with E-state index in [9.17, 15) is 32.3 Å². The van der Waals surface area contributed by atoms with Gasteiger partial charge in [0.25, 0.3) is 11.8 Å². The van der Waals surface area contributed by atoms with Gasteiger partial charge in [-0.1, -0.05) is 48.0 Å². The van der Waals surface area contributed by atoms with Crippen molar-refractivity contribution in [3.8, 4) is 0 Å². The molecule has 0 saturated carbocycles. The SMILES string of the molecule is O=C(c1ccc(C[N+]2(OC(=O)C(F)(F)F)C(=O)CN(C(=O)c3ccc(Cl)cc3)Cc3ccc(CN4CCCC4)cc32)cc1)N1CC=CC1. The zero-order valence-corrected chi connectivity index (χ0v) is 26.7. The summed E-state index contributed by atoms with van der Waals surface area (Å²) in [6.45, 7) is 1.80. The molecule has 1 atom stereocenters. The van der Waals surface area contributed by atoms with E-state index < -0.39 is 41.7 Å². The van der Waals surface area contributed by atoms with E-state index in [0.717, 1.165) is 25.9 Å². The van der Waals surface area contributed by atoms with Crippen molar-refractivity contribution in [3.63, 3.8) is 0 Å². The first kappa shape index (κ1) is 33.4. The molecule has 9 nitrogen and oxygen atoms in total. The normalized spacial score (nSPS) is 19.7. The van der Waals surface area contributed by atoms with Crippen LogP contribution in [0.15, 0.2) is 78.9 Å². The van der Waals surface area contributed by atoms with Crippen molar-refractivity contribution < 1.29 is 37.2 Å². The highest BCUT2D eigenvalue weighted by atomic mass is 35.5. The summed E-state index contributed by atoms with van der Waals surface area (Å²) in [5, 5.41) is 0.397. The number of nitrogens with zero attached hydrogens (tertiary/aromatic N) is 4. The number of rotatable bonds is 7. The summed E-state index contributed by atoms with van der Waals surface area (Å²) in [6, 6.07) is 17.2. The van der Waals surface area contributed by atoms with Gasteiger partial charge in [-0.3, -0.25) is 19.3 Å². The van der Waals surface area contributed by atoms with E-state index in [2.05, 4.69) is 4.90 Å². The van der Waals surface area contributed by atoms with Crippen LogP contribution in [0, 0.1) is 0 Å². The number of fused-ring (bicyclic) bond motifs is 1. The van der Waals surface area contributed by atoms with Crippen LogP contribution in [0.25, 0.3) is 0 Å². The molecule has 1 unspecified atom stereocenters. The summed E-state index contributed by atoms with van der Waals surface area (Å²) in [4.78, 5) is 64.0. The van der Waals surface area contributed by atoms with Crippen LogP contribution >= 0.6 is 11.6 Å². The van der Waals surface area contributed by atoms with Gasteiger partial charge in [0.2, 0.25) is 0 Å². The molecule has 3 heterocycles. The minimum Gasteiger partial charge on any atom is -0.331 e. The number of quaternary nitrogens is 1. The second-order valence-electron chi connectivity index (χ2n) is 12.2. The van der Waals surface area contributed by atoms with Crippen molar-refractivity contribution in [3.05, 3.63) is 112 Å². The Balaban J connectivity index is 1.43. The van der Waals surface area contributed by atoms with Gasteiger partial charge in [0, 0.05) is 53.0 Å². The molecule has 0 aromatic heterocycles. The monoisotopic (exact) mass is 681 g/mol. The third kappa shape index (κ3) is 7.01. The number of carbonyl (C=O) groups excluding carboxylic acids is 4. The lowest BCUT2D eigenvalue weighted by molar-refractivity contribution is -0.235. The topological polar surface area (TPSA) is 87.2 Å². The van der Waals surface area contributed by atoms with Crippen LogP contribution in [0.4, 0.5) is 18.9 Å². The van der Waals surface area contributed by atoms with Crippen molar-refractivity contribution >= 4 is 41.0 Å². The van der Waals surface area contributed by atoms with Crippen molar-refractivity contribution in [1.82, 2.24) is 19.3 Å². The molecule has 6 rings (SSSR count). The third-order valence-electron chi connectivity index (χ3n) is 8.79. The predicted molar refractivity (Wildman–Crippen MR) is 171 cm³/mol. The molecule has 3 aliphatic heterocycles. The number of halogens is 4. The van der Waals surface area contributed by atoms with Crippen LogP contribution in [0.3, 0.4) is 0 Å². The lowest BCUT2D eigenvalue weighted by atomic mass is 10.0. The van der Waals surface area contributed by atoms with Crippen LogP contribution in [-0.4, -0.2) is 77.3 Å². The quantitative estimate of drug-likeness (QED) is 0.237. The Morgan fingerprint density at radius 1 is 0.792 bits per heavy atom. The van der Waals surface area contributed by atoms with Gasteiger partial charge in [-0.25, -0.2) is 9.59 Å². The second kappa shape index (κ2) is 13.5. The maximum atomic E-state index is 14.4. The molecule has 0 radical (unpaired) electrons. The van der Waals surface area contributed by atoms with Crippen LogP contribution in [0.2, 0.25) is 5.02 Å².